The first-order valence-corrected chi connectivity index (χ1v) is 5.19. The predicted molar refractivity (Wildman–Crippen MR) is 62.8 cm³/mol. The topological polar surface area (TPSA) is 58.4 Å². The van der Waals surface area contributed by atoms with Gasteiger partial charge >= 0.3 is 6.03 Å². The van der Waals surface area contributed by atoms with Gasteiger partial charge in [-0.2, -0.15) is 0 Å². The van der Waals surface area contributed by atoms with Crippen molar-refractivity contribution in [2.24, 2.45) is 0 Å². The number of halogens is 1. The third-order valence-corrected chi connectivity index (χ3v) is 2.30. The van der Waals surface area contributed by atoms with Crippen LogP contribution in [0, 0.1) is 5.82 Å². The zero-order chi connectivity index (χ0) is 12.1. The quantitative estimate of drug-likeness (QED) is 0.775. The van der Waals surface area contributed by atoms with Crippen molar-refractivity contribution in [3.8, 4) is 0 Å². The summed E-state index contributed by atoms with van der Waals surface area (Å²) in [6, 6.07) is 3.96. The molecule has 3 N–H and O–H groups in total. The van der Waals surface area contributed by atoms with Gasteiger partial charge in [0.15, 0.2) is 0 Å². The molecular weight excluding hydrogens is 209 g/mol. The third-order valence-electron chi connectivity index (χ3n) is 2.30. The van der Waals surface area contributed by atoms with E-state index in [1.54, 1.807) is 11.0 Å². The Hall–Kier alpha value is -1.78. The summed E-state index contributed by atoms with van der Waals surface area (Å²) in [5, 5.41) is 2.60. The maximum atomic E-state index is 13.1. The zero-order valence-corrected chi connectivity index (χ0v) is 9.46. The maximum absolute atomic E-state index is 13.1. The molecule has 0 saturated heterocycles. The molecule has 1 rings (SSSR count). The fourth-order valence-electron chi connectivity index (χ4n) is 1.32. The second kappa shape index (κ2) is 5.34. The van der Waals surface area contributed by atoms with Gasteiger partial charge in [0, 0.05) is 18.8 Å². The van der Waals surface area contributed by atoms with E-state index in [-0.39, 0.29) is 11.7 Å². The first-order chi connectivity index (χ1) is 7.58. The van der Waals surface area contributed by atoms with Crippen molar-refractivity contribution >= 4 is 17.4 Å². The summed E-state index contributed by atoms with van der Waals surface area (Å²) < 4.78 is 13.1. The Morgan fingerprint density at radius 1 is 1.44 bits per heavy atom. The van der Waals surface area contributed by atoms with Gasteiger partial charge in [-0.15, -0.1) is 0 Å². The van der Waals surface area contributed by atoms with Crippen LogP contribution < -0.4 is 11.1 Å². The second-order valence-corrected chi connectivity index (χ2v) is 3.34. The highest BCUT2D eigenvalue weighted by molar-refractivity contribution is 5.89. The maximum Gasteiger partial charge on any atom is 0.321 e. The lowest BCUT2D eigenvalue weighted by molar-refractivity contribution is 0.217. The number of nitrogens with one attached hydrogen (secondary N) is 1. The van der Waals surface area contributed by atoms with Crippen molar-refractivity contribution in [1.82, 2.24) is 4.90 Å². The summed E-state index contributed by atoms with van der Waals surface area (Å²) in [5.74, 6) is -0.530. The van der Waals surface area contributed by atoms with Crippen LogP contribution in [0.1, 0.15) is 13.8 Å². The number of hydrogen-bond donors (Lipinski definition) is 2. The van der Waals surface area contributed by atoms with Gasteiger partial charge in [0.05, 0.1) is 5.69 Å². The Bertz CT molecular complexity index is 377. The number of carbonyl (C=O) groups excluding carboxylic acids is 1. The van der Waals surface area contributed by atoms with E-state index in [0.717, 1.165) is 0 Å². The van der Waals surface area contributed by atoms with Gasteiger partial charge in [-0.1, -0.05) is 0 Å². The number of amides is 2. The molecule has 0 fully saturated rings. The fourth-order valence-corrected chi connectivity index (χ4v) is 1.32. The highest BCUT2D eigenvalue weighted by atomic mass is 19.1. The molecule has 0 unspecified atom stereocenters. The highest BCUT2D eigenvalue weighted by Crippen LogP contribution is 2.16. The van der Waals surface area contributed by atoms with E-state index in [1.165, 1.54) is 12.1 Å². The number of rotatable bonds is 3. The van der Waals surface area contributed by atoms with E-state index in [0.29, 0.717) is 18.8 Å². The number of nitrogens with zero attached hydrogens (tertiary/aromatic N) is 1. The van der Waals surface area contributed by atoms with Crippen molar-refractivity contribution in [2.45, 2.75) is 13.8 Å². The van der Waals surface area contributed by atoms with E-state index in [9.17, 15) is 9.18 Å². The molecule has 0 saturated carbocycles. The van der Waals surface area contributed by atoms with Crippen LogP contribution in [0.2, 0.25) is 0 Å². The summed E-state index contributed by atoms with van der Waals surface area (Å²) in [6.45, 7) is 4.98. The third kappa shape index (κ3) is 2.85. The number of nitrogens with two attached hydrogens (primary N) is 1. The molecule has 2 amide bonds. The van der Waals surface area contributed by atoms with Crippen LogP contribution in [-0.2, 0) is 0 Å². The number of anilines is 2. The number of carbonyl (C=O) groups is 1. The monoisotopic (exact) mass is 225 g/mol. The van der Waals surface area contributed by atoms with Crippen molar-refractivity contribution < 1.29 is 9.18 Å². The van der Waals surface area contributed by atoms with Gasteiger partial charge in [0.1, 0.15) is 5.82 Å². The first-order valence-electron chi connectivity index (χ1n) is 5.19. The Balaban J connectivity index is 2.73. The van der Waals surface area contributed by atoms with Gasteiger partial charge in [0.2, 0.25) is 0 Å². The van der Waals surface area contributed by atoms with Crippen molar-refractivity contribution in [1.29, 1.82) is 0 Å². The molecule has 0 atom stereocenters. The molecule has 88 valence electrons. The zero-order valence-electron chi connectivity index (χ0n) is 9.46. The molecule has 16 heavy (non-hydrogen) atoms. The average Bonchev–Trinajstić information content (AvgIpc) is 2.25. The summed E-state index contributed by atoms with van der Waals surface area (Å²) in [7, 11) is 0. The number of hydrogen-bond acceptors (Lipinski definition) is 2. The normalized spacial score (nSPS) is 9.94. The second-order valence-electron chi connectivity index (χ2n) is 3.34. The number of benzene rings is 1. The van der Waals surface area contributed by atoms with Crippen LogP contribution in [-0.4, -0.2) is 24.0 Å². The lowest BCUT2D eigenvalue weighted by atomic mass is 10.3. The van der Waals surface area contributed by atoms with Crippen LogP contribution in [0.5, 0.6) is 0 Å². The summed E-state index contributed by atoms with van der Waals surface area (Å²) in [4.78, 5) is 13.2. The summed E-state index contributed by atoms with van der Waals surface area (Å²) >= 11 is 0. The Kier molecular flexibility index (Phi) is 4.10. The van der Waals surface area contributed by atoms with Gasteiger partial charge < -0.3 is 16.0 Å². The molecule has 1 aromatic carbocycles. The molecule has 0 aromatic heterocycles. The SMILES string of the molecule is CCN(CC)C(=O)Nc1ccc(N)c(F)c1. The molecule has 4 nitrogen and oxygen atoms in total. The predicted octanol–water partition coefficient (Wildman–Crippen LogP) is 2.28. The largest absolute Gasteiger partial charge is 0.396 e. The van der Waals surface area contributed by atoms with Crippen molar-refractivity contribution in [2.75, 3.05) is 24.1 Å². The molecule has 1 aromatic rings. The summed E-state index contributed by atoms with van der Waals surface area (Å²) in [5.41, 5.74) is 5.81. The fraction of sp³-hybridized carbons (Fsp3) is 0.364. The molecule has 0 aliphatic rings. The standard InChI is InChI=1S/C11H16FN3O/c1-3-15(4-2)11(16)14-8-5-6-10(13)9(12)7-8/h5-7H,3-4,13H2,1-2H3,(H,14,16). The molecule has 5 heteroatoms. The summed E-state index contributed by atoms with van der Waals surface area (Å²) in [6.07, 6.45) is 0. The lowest BCUT2D eigenvalue weighted by Crippen LogP contribution is -2.34. The van der Waals surface area contributed by atoms with E-state index in [4.69, 9.17) is 5.73 Å². The molecule has 0 aliphatic heterocycles. The Morgan fingerprint density at radius 3 is 2.56 bits per heavy atom. The lowest BCUT2D eigenvalue weighted by Gasteiger charge is -2.19. The average molecular weight is 225 g/mol. The highest BCUT2D eigenvalue weighted by Gasteiger charge is 2.09. The molecule has 0 bridgehead atoms. The van der Waals surface area contributed by atoms with Gasteiger partial charge in [0.25, 0.3) is 0 Å². The minimum Gasteiger partial charge on any atom is -0.396 e. The molecular formula is C11H16FN3O. The number of urea groups is 1. The Labute approximate surface area is 94.2 Å². The van der Waals surface area contributed by atoms with E-state index < -0.39 is 5.82 Å². The van der Waals surface area contributed by atoms with E-state index >= 15 is 0 Å². The van der Waals surface area contributed by atoms with Crippen LogP contribution in [0.25, 0.3) is 0 Å². The van der Waals surface area contributed by atoms with Crippen LogP contribution in [0.4, 0.5) is 20.6 Å². The molecule has 0 heterocycles. The first kappa shape index (κ1) is 12.3. The molecule has 0 spiro atoms. The van der Waals surface area contributed by atoms with Gasteiger partial charge in [-0.05, 0) is 32.0 Å². The van der Waals surface area contributed by atoms with Crippen molar-refractivity contribution in [3.63, 3.8) is 0 Å². The van der Waals surface area contributed by atoms with Gasteiger partial charge in [-0.25, -0.2) is 9.18 Å². The van der Waals surface area contributed by atoms with E-state index in [1.807, 2.05) is 13.8 Å². The minimum atomic E-state index is -0.530. The smallest absolute Gasteiger partial charge is 0.321 e. The van der Waals surface area contributed by atoms with Crippen LogP contribution >= 0.6 is 0 Å². The molecule has 0 aliphatic carbocycles. The number of nitrogen functional groups attached to an aromatic ring is 1. The van der Waals surface area contributed by atoms with Crippen LogP contribution in [0.15, 0.2) is 18.2 Å². The Morgan fingerprint density at radius 2 is 2.06 bits per heavy atom. The van der Waals surface area contributed by atoms with Crippen molar-refractivity contribution in [3.05, 3.63) is 24.0 Å². The van der Waals surface area contributed by atoms with Gasteiger partial charge in [-0.3, -0.25) is 0 Å². The van der Waals surface area contributed by atoms with Crippen LogP contribution in [0.3, 0.4) is 0 Å². The van der Waals surface area contributed by atoms with E-state index in [2.05, 4.69) is 5.32 Å². The molecule has 0 radical (unpaired) electrons. The minimum absolute atomic E-state index is 0.0702.